The molecule has 1 aromatic carbocycles. The summed E-state index contributed by atoms with van der Waals surface area (Å²) in [6.07, 6.45) is -5.08. The second-order valence-corrected chi connectivity index (χ2v) is 17.0. The molecule has 1 aliphatic rings. The van der Waals surface area contributed by atoms with Crippen LogP contribution < -0.4 is 26.8 Å². The molecule has 2 rings (SSSR count). The first-order valence-corrected chi connectivity index (χ1v) is 23.3. The number of nitrogens with zero attached hydrogens (tertiary/aromatic N) is 3. The van der Waals surface area contributed by atoms with E-state index in [1.807, 2.05) is 0 Å². The van der Waals surface area contributed by atoms with E-state index < -0.39 is 108 Å². The first-order chi connectivity index (χ1) is 34.1. The van der Waals surface area contributed by atoms with Gasteiger partial charge in [-0.05, 0) is 39.1 Å². The van der Waals surface area contributed by atoms with Gasteiger partial charge in [0.15, 0.2) is 12.7 Å². The molecule has 27 nitrogen and oxygen atoms in total. The van der Waals surface area contributed by atoms with Crippen molar-refractivity contribution in [1.29, 1.82) is 0 Å². The molecular weight excluding hydrogens is 961 g/mol. The fraction of sp³-hybridized carbons (Fsp3) is 0.756. The molecule has 1 aliphatic heterocycles. The zero-order valence-corrected chi connectivity index (χ0v) is 42.2. The van der Waals surface area contributed by atoms with E-state index in [0.717, 1.165) is 34.8 Å². The largest absolute Gasteiger partial charge is 0.465 e. The minimum atomic E-state index is -2.40. The Morgan fingerprint density at radius 3 is 1.86 bits per heavy atom. The van der Waals surface area contributed by atoms with E-state index in [-0.39, 0.29) is 50.1 Å². The van der Waals surface area contributed by atoms with E-state index in [9.17, 15) is 43.2 Å². The summed E-state index contributed by atoms with van der Waals surface area (Å²) in [5.41, 5.74) is 7.57. The molecule has 1 fully saturated rings. The van der Waals surface area contributed by atoms with Gasteiger partial charge in [0.1, 0.15) is 35.3 Å². The second kappa shape index (κ2) is 32.9. The van der Waals surface area contributed by atoms with Crippen LogP contribution in [0.1, 0.15) is 87.0 Å². The molecule has 0 spiro atoms. The molecule has 0 saturated carbocycles. The van der Waals surface area contributed by atoms with Crippen LogP contribution in [0.25, 0.3) is 10.4 Å². The zero-order chi connectivity index (χ0) is 53.7. The summed E-state index contributed by atoms with van der Waals surface area (Å²) in [5.74, 6) is -8.33. The lowest BCUT2D eigenvalue weighted by atomic mass is 9.87. The molecule has 72 heavy (non-hydrogen) atoms. The monoisotopic (exact) mass is 1030 g/mol. The van der Waals surface area contributed by atoms with E-state index >= 15 is 0 Å². The molecule has 0 radical (unpaired) electrons. The number of methoxy groups -OCH3 is 1. The lowest BCUT2D eigenvalue weighted by molar-refractivity contribution is -0.313. The van der Waals surface area contributed by atoms with Crippen molar-refractivity contribution in [3.8, 4) is 0 Å². The molecule has 0 aromatic heterocycles. The van der Waals surface area contributed by atoms with Crippen LogP contribution in [0.15, 0.2) is 14.7 Å². The average Bonchev–Trinajstić information content (AvgIpc) is 3.30. The Morgan fingerprint density at radius 2 is 1.32 bits per heavy atom. The topological polar surface area (TPSA) is 349 Å². The Labute approximate surface area is 416 Å². The highest BCUT2D eigenvalue weighted by molar-refractivity contribution is 5.81. The Hall–Kier alpha value is -5.96. The highest BCUT2D eigenvalue weighted by atomic mass is 16.7. The molecule has 0 unspecified atom stereocenters. The highest BCUT2D eigenvalue weighted by Crippen LogP contribution is 2.37. The van der Waals surface area contributed by atoms with Crippen molar-refractivity contribution in [3.63, 3.8) is 0 Å². The molecule has 1 saturated heterocycles. The molecule has 1 heterocycles. The summed E-state index contributed by atoms with van der Waals surface area (Å²) in [6, 6.07) is -1.51. The molecule has 1 amide bonds. The number of rotatable bonds is 36. The first-order valence-electron chi connectivity index (χ1n) is 23.3. The summed E-state index contributed by atoms with van der Waals surface area (Å²) < 4.78 is 65.7. The average molecular weight is 1030 g/mol. The van der Waals surface area contributed by atoms with Crippen molar-refractivity contribution in [2.75, 3.05) is 103 Å². The Balaban J connectivity index is 1.93. The van der Waals surface area contributed by atoms with Gasteiger partial charge in [0, 0.05) is 45.7 Å². The van der Waals surface area contributed by atoms with Gasteiger partial charge in [-0.1, -0.05) is 18.0 Å². The summed E-state index contributed by atoms with van der Waals surface area (Å²) in [7, 11) is 1.03. The second-order valence-electron chi connectivity index (χ2n) is 17.0. The van der Waals surface area contributed by atoms with Crippen LogP contribution in [0, 0.1) is 0 Å². The van der Waals surface area contributed by atoms with Crippen LogP contribution in [-0.2, 0) is 90.4 Å². The molecule has 0 aliphatic carbocycles. The molecular formula is C45H70N6O21. The van der Waals surface area contributed by atoms with E-state index in [4.69, 9.17) is 62.4 Å². The van der Waals surface area contributed by atoms with Crippen molar-refractivity contribution in [3.05, 3.63) is 30.9 Å². The molecule has 27 heteroatoms. The summed E-state index contributed by atoms with van der Waals surface area (Å²) >= 11 is 0. The number of azide groups is 1. The number of hydrogen-bond donors (Lipinski definition) is 3. The first kappa shape index (κ1) is 62.2. The Bertz CT molecular complexity index is 2030. The lowest BCUT2D eigenvalue weighted by Crippen LogP contribution is -2.69. The van der Waals surface area contributed by atoms with Crippen molar-refractivity contribution in [2.45, 2.75) is 129 Å². The van der Waals surface area contributed by atoms with Gasteiger partial charge in [-0.25, -0.2) is 4.79 Å². The van der Waals surface area contributed by atoms with E-state index in [0.29, 0.717) is 71.9 Å². The van der Waals surface area contributed by atoms with Crippen molar-refractivity contribution < 1.29 is 90.4 Å². The molecule has 3 N–H and O–H groups in total. The number of carbonyl (C=O) groups is 7. The number of anilines is 2. The van der Waals surface area contributed by atoms with Gasteiger partial charge in [0.05, 0.1) is 92.0 Å². The zero-order valence-electron chi connectivity index (χ0n) is 42.2. The number of amides is 1. The van der Waals surface area contributed by atoms with Crippen LogP contribution in [0.2, 0.25) is 0 Å². The van der Waals surface area contributed by atoms with Crippen molar-refractivity contribution >= 4 is 53.1 Å². The van der Waals surface area contributed by atoms with Gasteiger partial charge >= 0.3 is 35.8 Å². The number of hydrogen-bond acceptors (Lipinski definition) is 24. The third-order valence-corrected chi connectivity index (χ3v) is 9.89. The summed E-state index contributed by atoms with van der Waals surface area (Å²) in [6.45, 7) is 11.0. The maximum atomic E-state index is 13.6. The maximum absolute atomic E-state index is 13.6. The van der Waals surface area contributed by atoms with Gasteiger partial charge in [0.2, 0.25) is 0 Å². The smallest absolute Gasteiger partial charge is 0.366 e. The predicted molar refractivity (Wildman–Crippen MR) is 250 cm³/mol. The summed E-state index contributed by atoms with van der Waals surface area (Å²) in [4.78, 5) is 114. The lowest BCUT2D eigenvalue weighted by Gasteiger charge is -2.48. The fourth-order valence-corrected chi connectivity index (χ4v) is 6.96. The minimum Gasteiger partial charge on any atom is -0.465 e. The van der Waals surface area contributed by atoms with Gasteiger partial charge in [-0.2, -0.15) is 0 Å². The number of ether oxygens (including phenoxy) is 12. The normalized spacial score (nSPS) is 18.4. The van der Waals surface area contributed by atoms with Gasteiger partial charge in [0.25, 0.3) is 22.6 Å². The highest BCUT2D eigenvalue weighted by Gasteiger charge is 2.59. The van der Waals surface area contributed by atoms with Gasteiger partial charge in [-0.3, -0.25) is 38.4 Å². The Morgan fingerprint density at radius 1 is 0.750 bits per heavy atom. The van der Waals surface area contributed by atoms with E-state index in [2.05, 4.69) is 26.0 Å². The van der Waals surface area contributed by atoms with Gasteiger partial charge < -0.3 is 72.8 Å². The van der Waals surface area contributed by atoms with Crippen LogP contribution in [0.3, 0.4) is 0 Å². The number of carbonyl (C=O) groups excluding carboxylic acids is 7. The molecule has 6 atom stereocenters. The number of esters is 6. The fourth-order valence-electron chi connectivity index (χ4n) is 6.96. The van der Waals surface area contributed by atoms with Crippen LogP contribution in [0.4, 0.5) is 11.4 Å². The third kappa shape index (κ3) is 23.5. The Kier molecular flexibility index (Phi) is 28.4. The van der Waals surface area contributed by atoms with Crippen molar-refractivity contribution in [2.24, 2.45) is 5.11 Å². The minimum absolute atomic E-state index is 0.157. The summed E-state index contributed by atoms with van der Waals surface area (Å²) in [5, 5.41) is 11.9. The van der Waals surface area contributed by atoms with Crippen molar-refractivity contribution in [1.82, 2.24) is 5.32 Å². The molecule has 0 bridgehead atoms. The quantitative estimate of drug-likeness (QED) is 0.0162. The van der Waals surface area contributed by atoms with Crippen LogP contribution in [0.5, 0.6) is 0 Å². The van der Waals surface area contributed by atoms with E-state index in [1.165, 1.54) is 0 Å². The number of unbranched alkanes of at least 4 members (excludes halogenated alkanes) is 3. The SMILES string of the molecule is COC(=O)[C@@]1(OCCCCCCNc2c(NCCOCCOCCOCCOCCC(=O)OC(C)(C)C)c(=O)c2=O)C[C@H](OC(C)=O)[C@@H](NC(=O)COC(C)=O)[C@H]([C@H](OC(C)=O)[C@@H](CN=[N+]=[N-])OC(C)=O)O1. The molecule has 1 aromatic rings. The number of nitrogens with one attached hydrogen (secondary N) is 3. The van der Waals surface area contributed by atoms with E-state index in [1.54, 1.807) is 20.8 Å². The van der Waals surface area contributed by atoms with Crippen LogP contribution in [-0.4, -0.2) is 176 Å². The molecule has 406 valence electrons. The van der Waals surface area contributed by atoms with Gasteiger partial charge in [-0.15, -0.1) is 0 Å². The standard InChI is InChI=1S/C45H70N6O21/c1-28(52)66-27-34(56)50-36-32(68-29(2)53)25-45(43(60)61-8,72-42(36)41(70-31(4)55)33(26-49-51-46)69-30(3)54)67-16-12-10-9-11-14-47-37-38(40(59)39(37)58)48-15-18-63-20-22-65-24-23-64-21-19-62-17-13-35(57)71-44(5,6)7/h32-33,36,41-42,47-48H,9-27H2,1-8H3,(H,50,56)/t32-,33+,36+,41+,42+,45+/m0/s1. The predicted octanol–water partition coefficient (Wildman–Crippen LogP) is 1.29. The third-order valence-electron chi connectivity index (χ3n) is 9.89. The maximum Gasteiger partial charge on any atom is 0.366 e. The van der Waals surface area contributed by atoms with Crippen LogP contribution >= 0.6 is 0 Å².